The van der Waals surface area contributed by atoms with Crippen molar-refractivity contribution >= 4 is 23.3 Å². The summed E-state index contributed by atoms with van der Waals surface area (Å²) < 4.78 is 25.0. The highest BCUT2D eigenvalue weighted by molar-refractivity contribution is 6.05. The second kappa shape index (κ2) is 8.22. The van der Waals surface area contributed by atoms with Gasteiger partial charge in [0.15, 0.2) is 0 Å². The number of nitrogens with one attached hydrogen (secondary N) is 1. The Labute approximate surface area is 184 Å². The van der Waals surface area contributed by atoms with Crippen LogP contribution in [0, 0.1) is 15.9 Å². The van der Waals surface area contributed by atoms with Gasteiger partial charge >= 0.3 is 11.7 Å². The number of esters is 1. The minimum Gasteiger partial charge on any atom is -0.481 e. The molecule has 0 aromatic heterocycles. The van der Waals surface area contributed by atoms with Gasteiger partial charge in [-0.2, -0.15) is 0 Å². The van der Waals surface area contributed by atoms with E-state index in [9.17, 15) is 24.1 Å². The zero-order valence-corrected chi connectivity index (χ0v) is 18.6. The van der Waals surface area contributed by atoms with E-state index in [-0.39, 0.29) is 34.9 Å². The van der Waals surface area contributed by atoms with E-state index in [1.54, 1.807) is 13.0 Å². The average molecular weight is 444 g/mol. The van der Waals surface area contributed by atoms with Gasteiger partial charge in [-0.25, -0.2) is 9.18 Å². The van der Waals surface area contributed by atoms with Crippen LogP contribution in [-0.4, -0.2) is 29.0 Å². The van der Waals surface area contributed by atoms with Crippen molar-refractivity contribution < 1.29 is 28.4 Å². The highest BCUT2D eigenvalue weighted by atomic mass is 19.1. The van der Waals surface area contributed by atoms with Crippen LogP contribution < -0.4 is 10.1 Å². The van der Waals surface area contributed by atoms with E-state index in [0.717, 1.165) is 12.1 Å². The molecule has 3 rings (SSSR count). The van der Waals surface area contributed by atoms with Crippen LogP contribution in [0.15, 0.2) is 30.3 Å². The topological polar surface area (TPSA) is 108 Å². The molecule has 1 aliphatic rings. The predicted octanol–water partition coefficient (Wildman–Crippen LogP) is 5.00. The molecule has 0 radical (unpaired) electrons. The van der Waals surface area contributed by atoms with Crippen LogP contribution in [0.3, 0.4) is 0 Å². The maximum absolute atomic E-state index is 14.3. The van der Waals surface area contributed by atoms with Crippen molar-refractivity contribution in [3.63, 3.8) is 0 Å². The molecule has 0 saturated carbocycles. The molecule has 8 nitrogen and oxygen atoms in total. The van der Waals surface area contributed by atoms with E-state index < -0.39 is 33.6 Å². The number of nitro groups is 1. The molecule has 2 aromatic rings. The number of amides is 1. The maximum Gasteiger partial charge on any atom is 0.341 e. The van der Waals surface area contributed by atoms with E-state index >= 15 is 0 Å². The fraction of sp³-hybridized carbons (Fsp3) is 0.391. The predicted molar refractivity (Wildman–Crippen MR) is 116 cm³/mol. The van der Waals surface area contributed by atoms with Gasteiger partial charge in [0.25, 0.3) is 5.91 Å². The number of carbonyl (C=O) groups is 2. The summed E-state index contributed by atoms with van der Waals surface area (Å²) in [5.74, 6) is -2.22. The minimum absolute atomic E-state index is 0.0486. The van der Waals surface area contributed by atoms with Gasteiger partial charge < -0.3 is 14.8 Å². The number of ether oxygens (including phenoxy) is 2. The van der Waals surface area contributed by atoms with E-state index in [2.05, 4.69) is 5.32 Å². The summed E-state index contributed by atoms with van der Waals surface area (Å²) in [6.45, 7) is 9.33. The number of anilines is 1. The maximum atomic E-state index is 14.3. The largest absolute Gasteiger partial charge is 0.481 e. The van der Waals surface area contributed by atoms with Crippen LogP contribution in [0.5, 0.6) is 5.75 Å². The van der Waals surface area contributed by atoms with Crippen LogP contribution in [0.25, 0.3) is 0 Å². The molecule has 1 aliphatic heterocycles. The minimum atomic E-state index is -0.899. The lowest BCUT2D eigenvalue weighted by molar-refractivity contribution is -0.386. The molecule has 170 valence electrons. The average Bonchev–Trinajstić information content (AvgIpc) is 2.66. The Morgan fingerprint density at radius 1 is 1.22 bits per heavy atom. The molecule has 1 amide bonds. The molecule has 0 spiro atoms. The number of hydrogen-bond donors (Lipinski definition) is 1. The molecule has 0 unspecified atom stereocenters. The van der Waals surface area contributed by atoms with Gasteiger partial charge in [-0.15, -0.1) is 0 Å². The van der Waals surface area contributed by atoms with Gasteiger partial charge in [0.05, 0.1) is 17.1 Å². The third-order valence-corrected chi connectivity index (χ3v) is 5.23. The summed E-state index contributed by atoms with van der Waals surface area (Å²) >= 11 is 0. The van der Waals surface area contributed by atoms with Crippen molar-refractivity contribution in [1.82, 2.24) is 0 Å². The van der Waals surface area contributed by atoms with E-state index in [1.165, 1.54) is 12.1 Å². The van der Waals surface area contributed by atoms with Gasteiger partial charge in [0, 0.05) is 22.9 Å². The Morgan fingerprint density at radius 3 is 2.50 bits per heavy atom. The number of halogens is 1. The summed E-state index contributed by atoms with van der Waals surface area (Å²) in [6.07, 6.45) is 0.613. The molecule has 32 heavy (non-hydrogen) atoms. The third-order valence-electron chi connectivity index (χ3n) is 5.23. The van der Waals surface area contributed by atoms with Crippen molar-refractivity contribution in [2.45, 2.75) is 52.1 Å². The van der Waals surface area contributed by atoms with Crippen molar-refractivity contribution in [2.75, 3.05) is 11.9 Å². The Kier molecular flexibility index (Phi) is 5.95. The number of rotatable bonds is 5. The number of carbonyl (C=O) groups excluding carboxylic acids is 2. The molecule has 1 heterocycles. The van der Waals surface area contributed by atoms with Gasteiger partial charge in [-0.05, 0) is 56.9 Å². The quantitative estimate of drug-likeness (QED) is 0.395. The highest BCUT2D eigenvalue weighted by Crippen LogP contribution is 2.49. The van der Waals surface area contributed by atoms with E-state index in [4.69, 9.17) is 9.47 Å². The van der Waals surface area contributed by atoms with Crippen LogP contribution >= 0.6 is 0 Å². The fourth-order valence-corrected chi connectivity index (χ4v) is 4.14. The normalized spacial score (nSPS) is 15.8. The SMILES string of the molecule is CCOC(=O)c1ccc(C(=O)Nc2cc([N+](=O)[O-])c3c(c2)C(C)(C)CC(C)(C)O3)cc1F. The Morgan fingerprint density at radius 2 is 1.91 bits per heavy atom. The molecule has 0 aliphatic carbocycles. The first-order valence-corrected chi connectivity index (χ1v) is 10.1. The molecular formula is C23H25FN2O6. The number of fused-ring (bicyclic) bond motifs is 1. The lowest BCUT2D eigenvalue weighted by Crippen LogP contribution is -2.41. The van der Waals surface area contributed by atoms with Crippen molar-refractivity contribution in [1.29, 1.82) is 0 Å². The Bertz CT molecular complexity index is 1110. The van der Waals surface area contributed by atoms with Gasteiger partial charge in [-0.3, -0.25) is 14.9 Å². The second-order valence-corrected chi connectivity index (χ2v) is 8.92. The molecule has 1 N–H and O–H groups in total. The van der Waals surface area contributed by atoms with Crippen molar-refractivity contribution in [3.8, 4) is 5.75 Å². The monoisotopic (exact) mass is 444 g/mol. The molecule has 2 aromatic carbocycles. The smallest absolute Gasteiger partial charge is 0.341 e. The molecular weight excluding hydrogens is 419 g/mol. The van der Waals surface area contributed by atoms with E-state index in [0.29, 0.717) is 12.0 Å². The van der Waals surface area contributed by atoms with Crippen LogP contribution in [0.2, 0.25) is 0 Å². The summed E-state index contributed by atoms with van der Waals surface area (Å²) in [4.78, 5) is 35.6. The molecule has 0 atom stereocenters. The molecule has 0 bridgehead atoms. The van der Waals surface area contributed by atoms with E-state index in [1.807, 2.05) is 27.7 Å². The Hall–Kier alpha value is -3.49. The second-order valence-electron chi connectivity index (χ2n) is 8.92. The number of benzene rings is 2. The molecule has 9 heteroatoms. The molecule has 0 fully saturated rings. The first-order valence-electron chi connectivity index (χ1n) is 10.1. The summed E-state index contributed by atoms with van der Waals surface area (Å²) in [5.41, 5.74) is -0.846. The Balaban J connectivity index is 1.96. The zero-order valence-electron chi connectivity index (χ0n) is 18.6. The molecule has 0 saturated heterocycles. The standard InChI is InChI=1S/C23H25FN2O6/c1-6-31-21(28)15-8-7-13(9-17(15)24)20(27)25-14-10-16-19(18(11-14)26(29)30)32-23(4,5)12-22(16,2)3/h7-11H,6,12H2,1-5H3,(H,25,27). The van der Waals surface area contributed by atoms with Gasteiger partial charge in [0.1, 0.15) is 11.4 Å². The number of hydrogen-bond acceptors (Lipinski definition) is 6. The first-order chi connectivity index (χ1) is 14.8. The van der Waals surface area contributed by atoms with Crippen molar-refractivity contribution in [2.24, 2.45) is 0 Å². The van der Waals surface area contributed by atoms with Crippen LogP contribution in [0.1, 0.15) is 67.3 Å². The number of nitro benzene ring substituents is 1. The van der Waals surface area contributed by atoms with Crippen molar-refractivity contribution in [3.05, 3.63) is 63.0 Å². The fourth-order valence-electron chi connectivity index (χ4n) is 4.14. The lowest BCUT2D eigenvalue weighted by Gasteiger charge is -2.42. The van der Waals surface area contributed by atoms with Crippen LogP contribution in [0.4, 0.5) is 15.8 Å². The summed E-state index contributed by atoms with van der Waals surface area (Å²) in [5, 5.41) is 14.3. The number of nitrogens with zero attached hydrogens (tertiary/aromatic N) is 1. The van der Waals surface area contributed by atoms with Gasteiger partial charge in [-0.1, -0.05) is 13.8 Å². The highest BCUT2D eigenvalue weighted by Gasteiger charge is 2.42. The third kappa shape index (κ3) is 4.56. The first kappa shape index (κ1) is 23.2. The zero-order chi connectivity index (χ0) is 23.8. The van der Waals surface area contributed by atoms with Crippen LogP contribution in [-0.2, 0) is 10.2 Å². The summed E-state index contributed by atoms with van der Waals surface area (Å²) in [7, 11) is 0. The summed E-state index contributed by atoms with van der Waals surface area (Å²) in [6, 6.07) is 6.23. The van der Waals surface area contributed by atoms with Gasteiger partial charge in [0.2, 0.25) is 5.75 Å². The lowest BCUT2D eigenvalue weighted by atomic mass is 9.73.